The third-order valence-corrected chi connectivity index (χ3v) is 2.72. The van der Waals surface area contributed by atoms with Gasteiger partial charge < -0.3 is 4.74 Å². The van der Waals surface area contributed by atoms with E-state index in [1.165, 1.54) is 12.8 Å². The molecular weight excluding hydrogens is 232 g/mol. The van der Waals surface area contributed by atoms with E-state index in [-0.39, 0.29) is 0 Å². The second-order valence-corrected chi connectivity index (χ2v) is 4.34. The fraction of sp³-hybridized carbons (Fsp3) is 0.222. The molecule has 0 aromatic heterocycles. The highest BCUT2D eigenvalue weighted by Gasteiger charge is 1.95. The molecule has 2 aromatic rings. The molecule has 0 radical (unpaired) electrons. The standard InChI is InChI=1S/C18H18O/c1-2-3-4-6-9-16-12-14-18(15-13-16)19-17-10-7-5-8-11-17/h5,7-8,10-15H,2-4H2,1H3. The summed E-state index contributed by atoms with van der Waals surface area (Å²) in [7, 11) is 0. The van der Waals surface area contributed by atoms with Gasteiger partial charge in [-0.05, 0) is 42.8 Å². The van der Waals surface area contributed by atoms with Gasteiger partial charge in [0.1, 0.15) is 11.5 Å². The number of unbranched alkanes of at least 4 members (excludes halogenated alkanes) is 2. The maximum Gasteiger partial charge on any atom is 0.127 e. The maximum atomic E-state index is 5.73. The normalized spacial score (nSPS) is 9.53. The number of para-hydroxylation sites is 1. The highest BCUT2D eigenvalue weighted by molar-refractivity contribution is 5.39. The Morgan fingerprint density at radius 2 is 1.58 bits per heavy atom. The van der Waals surface area contributed by atoms with Crippen molar-refractivity contribution in [2.75, 3.05) is 0 Å². The third-order valence-electron chi connectivity index (χ3n) is 2.72. The van der Waals surface area contributed by atoms with E-state index in [1.807, 2.05) is 54.6 Å². The van der Waals surface area contributed by atoms with Crippen LogP contribution in [0.2, 0.25) is 0 Å². The molecule has 0 aliphatic rings. The van der Waals surface area contributed by atoms with Gasteiger partial charge in [0, 0.05) is 12.0 Å². The van der Waals surface area contributed by atoms with Gasteiger partial charge in [-0.3, -0.25) is 0 Å². The Morgan fingerprint density at radius 1 is 0.895 bits per heavy atom. The molecule has 0 N–H and O–H groups in total. The van der Waals surface area contributed by atoms with Gasteiger partial charge in [-0.2, -0.15) is 0 Å². The van der Waals surface area contributed by atoms with Gasteiger partial charge in [-0.25, -0.2) is 0 Å². The summed E-state index contributed by atoms with van der Waals surface area (Å²) in [4.78, 5) is 0. The summed E-state index contributed by atoms with van der Waals surface area (Å²) < 4.78 is 5.73. The monoisotopic (exact) mass is 250 g/mol. The lowest BCUT2D eigenvalue weighted by molar-refractivity contribution is 0.482. The summed E-state index contributed by atoms with van der Waals surface area (Å²) in [6.07, 6.45) is 3.33. The average molecular weight is 250 g/mol. The number of hydrogen-bond donors (Lipinski definition) is 0. The smallest absolute Gasteiger partial charge is 0.127 e. The zero-order valence-corrected chi connectivity index (χ0v) is 11.2. The van der Waals surface area contributed by atoms with Crippen molar-refractivity contribution in [2.24, 2.45) is 0 Å². The maximum absolute atomic E-state index is 5.73. The van der Waals surface area contributed by atoms with Crippen LogP contribution in [-0.2, 0) is 0 Å². The number of ether oxygens (including phenoxy) is 1. The Labute approximate surface area is 115 Å². The molecule has 96 valence electrons. The van der Waals surface area contributed by atoms with E-state index in [9.17, 15) is 0 Å². The Balaban J connectivity index is 1.96. The average Bonchev–Trinajstić information content (AvgIpc) is 2.46. The fourth-order valence-corrected chi connectivity index (χ4v) is 1.66. The van der Waals surface area contributed by atoms with Crippen molar-refractivity contribution < 1.29 is 4.74 Å². The molecule has 2 rings (SSSR count). The molecule has 0 spiro atoms. The largest absolute Gasteiger partial charge is 0.457 e. The summed E-state index contributed by atoms with van der Waals surface area (Å²) in [5.41, 5.74) is 1.04. The van der Waals surface area contributed by atoms with Crippen LogP contribution < -0.4 is 4.74 Å². The van der Waals surface area contributed by atoms with E-state index in [1.54, 1.807) is 0 Å². The van der Waals surface area contributed by atoms with Crippen LogP contribution in [0.5, 0.6) is 11.5 Å². The summed E-state index contributed by atoms with van der Waals surface area (Å²) >= 11 is 0. The van der Waals surface area contributed by atoms with Gasteiger partial charge in [0.15, 0.2) is 0 Å². The summed E-state index contributed by atoms with van der Waals surface area (Å²) in [5, 5.41) is 0. The molecule has 0 amide bonds. The van der Waals surface area contributed by atoms with Crippen molar-refractivity contribution in [3.8, 4) is 23.3 Å². The molecular formula is C18H18O. The zero-order valence-electron chi connectivity index (χ0n) is 11.2. The predicted molar refractivity (Wildman–Crippen MR) is 79.4 cm³/mol. The minimum atomic E-state index is 0.838. The molecule has 0 atom stereocenters. The minimum absolute atomic E-state index is 0.838. The zero-order chi connectivity index (χ0) is 13.3. The van der Waals surface area contributed by atoms with Crippen LogP contribution in [0.1, 0.15) is 31.7 Å². The van der Waals surface area contributed by atoms with Crippen molar-refractivity contribution in [3.05, 3.63) is 60.2 Å². The summed E-state index contributed by atoms with van der Waals surface area (Å²) in [6, 6.07) is 17.7. The number of rotatable bonds is 4. The van der Waals surface area contributed by atoms with Crippen LogP contribution in [-0.4, -0.2) is 0 Å². The van der Waals surface area contributed by atoms with E-state index < -0.39 is 0 Å². The topological polar surface area (TPSA) is 9.23 Å². The van der Waals surface area contributed by atoms with Gasteiger partial charge in [-0.1, -0.05) is 43.4 Å². The molecule has 0 unspecified atom stereocenters. The first kappa shape index (κ1) is 13.2. The molecule has 0 saturated heterocycles. The lowest BCUT2D eigenvalue weighted by Gasteiger charge is -2.04. The van der Waals surface area contributed by atoms with Crippen LogP contribution in [0.15, 0.2) is 54.6 Å². The van der Waals surface area contributed by atoms with Crippen molar-refractivity contribution in [1.29, 1.82) is 0 Å². The van der Waals surface area contributed by atoms with E-state index in [0.717, 1.165) is 23.5 Å². The molecule has 0 heterocycles. The van der Waals surface area contributed by atoms with Crippen LogP contribution in [0.4, 0.5) is 0 Å². The number of hydrogen-bond acceptors (Lipinski definition) is 1. The molecule has 19 heavy (non-hydrogen) atoms. The Bertz CT molecular complexity index is 544. The van der Waals surface area contributed by atoms with Gasteiger partial charge in [0.05, 0.1) is 0 Å². The molecule has 1 heteroatoms. The first-order valence-corrected chi connectivity index (χ1v) is 6.70. The van der Waals surface area contributed by atoms with Crippen molar-refractivity contribution in [2.45, 2.75) is 26.2 Å². The first-order chi connectivity index (χ1) is 9.38. The van der Waals surface area contributed by atoms with Gasteiger partial charge >= 0.3 is 0 Å². The van der Waals surface area contributed by atoms with Gasteiger partial charge in [-0.15, -0.1) is 0 Å². The summed E-state index contributed by atoms with van der Waals surface area (Å²) in [6.45, 7) is 2.18. The lowest BCUT2D eigenvalue weighted by atomic mass is 10.2. The van der Waals surface area contributed by atoms with Crippen LogP contribution in [0.25, 0.3) is 0 Å². The Hall–Kier alpha value is -2.20. The second kappa shape index (κ2) is 7.28. The van der Waals surface area contributed by atoms with Crippen molar-refractivity contribution in [3.63, 3.8) is 0 Å². The highest BCUT2D eigenvalue weighted by atomic mass is 16.5. The SMILES string of the molecule is CCCCC#Cc1ccc(Oc2ccccc2)cc1. The molecule has 0 saturated carbocycles. The Kier molecular flexibility index (Phi) is 5.07. The highest BCUT2D eigenvalue weighted by Crippen LogP contribution is 2.20. The molecule has 1 nitrogen and oxygen atoms in total. The third kappa shape index (κ3) is 4.52. The van der Waals surface area contributed by atoms with E-state index >= 15 is 0 Å². The fourth-order valence-electron chi connectivity index (χ4n) is 1.66. The molecule has 0 bridgehead atoms. The van der Waals surface area contributed by atoms with Crippen LogP contribution in [0.3, 0.4) is 0 Å². The van der Waals surface area contributed by atoms with Crippen LogP contribution >= 0.6 is 0 Å². The van der Waals surface area contributed by atoms with E-state index in [2.05, 4.69) is 18.8 Å². The lowest BCUT2D eigenvalue weighted by Crippen LogP contribution is -1.83. The molecule has 2 aromatic carbocycles. The molecule has 0 fully saturated rings. The molecule has 0 aliphatic carbocycles. The second-order valence-electron chi connectivity index (χ2n) is 4.34. The first-order valence-electron chi connectivity index (χ1n) is 6.70. The van der Waals surface area contributed by atoms with Crippen LogP contribution in [0, 0.1) is 11.8 Å². The minimum Gasteiger partial charge on any atom is -0.457 e. The van der Waals surface area contributed by atoms with Crippen molar-refractivity contribution >= 4 is 0 Å². The Morgan fingerprint density at radius 3 is 2.26 bits per heavy atom. The predicted octanol–water partition coefficient (Wildman–Crippen LogP) is 5.02. The quantitative estimate of drug-likeness (QED) is 0.547. The van der Waals surface area contributed by atoms with Crippen molar-refractivity contribution in [1.82, 2.24) is 0 Å². The van der Waals surface area contributed by atoms with Gasteiger partial charge in [0.25, 0.3) is 0 Å². The summed E-state index contributed by atoms with van der Waals surface area (Å²) in [5.74, 6) is 8.04. The van der Waals surface area contributed by atoms with E-state index in [4.69, 9.17) is 4.74 Å². The van der Waals surface area contributed by atoms with E-state index in [0.29, 0.717) is 0 Å². The molecule has 0 aliphatic heterocycles. The van der Waals surface area contributed by atoms with Gasteiger partial charge in [0.2, 0.25) is 0 Å². The number of benzene rings is 2.